The second-order valence-electron chi connectivity index (χ2n) is 3.88. The van der Waals surface area contributed by atoms with Gasteiger partial charge in [-0.1, -0.05) is 40.5 Å². The van der Waals surface area contributed by atoms with Crippen molar-refractivity contribution in [3.05, 3.63) is 0 Å². The first-order chi connectivity index (χ1) is 5.63. The van der Waals surface area contributed by atoms with Crippen LogP contribution in [0.15, 0.2) is 0 Å². The fourth-order valence-electron chi connectivity index (χ4n) is 2.01. The van der Waals surface area contributed by atoms with Crippen LogP contribution < -0.4 is 0 Å². The number of hydrogen-bond acceptors (Lipinski definition) is 1. The van der Waals surface area contributed by atoms with E-state index in [-0.39, 0.29) is 0 Å². The Labute approximate surface area is 76.8 Å². The highest BCUT2D eigenvalue weighted by Gasteiger charge is 2.28. The van der Waals surface area contributed by atoms with Crippen molar-refractivity contribution in [2.75, 3.05) is 0 Å². The third-order valence-corrected chi connectivity index (χ3v) is 3.37. The Hall–Kier alpha value is -0.510. The Kier molecular flexibility index (Phi) is 4.97. The van der Waals surface area contributed by atoms with Crippen LogP contribution in [0.25, 0.3) is 0 Å². The number of hydrogen-bond donors (Lipinski definition) is 0. The van der Waals surface area contributed by atoms with Gasteiger partial charge in [-0.3, -0.25) is 0 Å². The van der Waals surface area contributed by atoms with Gasteiger partial charge in [0.25, 0.3) is 0 Å². The highest BCUT2D eigenvalue weighted by Crippen LogP contribution is 2.39. The molecule has 0 aromatic rings. The van der Waals surface area contributed by atoms with Crippen molar-refractivity contribution in [2.45, 2.75) is 53.4 Å². The van der Waals surface area contributed by atoms with Gasteiger partial charge in [0.2, 0.25) is 0 Å². The lowest BCUT2D eigenvalue weighted by molar-refractivity contribution is 0.156. The zero-order valence-corrected chi connectivity index (χ0v) is 8.85. The van der Waals surface area contributed by atoms with Crippen LogP contribution in [0.5, 0.6) is 0 Å². The predicted octanol–water partition coefficient (Wildman–Crippen LogP) is 3.75. The minimum absolute atomic E-state index is 0.412. The lowest BCUT2D eigenvalue weighted by Crippen LogP contribution is -2.25. The zero-order valence-electron chi connectivity index (χ0n) is 8.85. The van der Waals surface area contributed by atoms with Crippen molar-refractivity contribution >= 4 is 0 Å². The van der Waals surface area contributed by atoms with Gasteiger partial charge in [-0.25, -0.2) is 0 Å². The largest absolute Gasteiger partial charge is 0.198 e. The minimum atomic E-state index is 0.412. The van der Waals surface area contributed by atoms with E-state index in [0.717, 1.165) is 6.42 Å². The van der Waals surface area contributed by atoms with Crippen molar-refractivity contribution in [1.29, 1.82) is 5.26 Å². The summed E-state index contributed by atoms with van der Waals surface area (Å²) in [7, 11) is 0. The van der Waals surface area contributed by atoms with Crippen LogP contribution in [-0.4, -0.2) is 0 Å². The molecular weight excluding hydrogens is 146 g/mol. The maximum atomic E-state index is 8.55. The van der Waals surface area contributed by atoms with Gasteiger partial charge in [0.15, 0.2) is 0 Å². The van der Waals surface area contributed by atoms with Crippen LogP contribution in [0.1, 0.15) is 53.4 Å². The van der Waals surface area contributed by atoms with Gasteiger partial charge in [0.05, 0.1) is 6.07 Å². The topological polar surface area (TPSA) is 23.8 Å². The average Bonchev–Trinajstić information content (AvgIpc) is 2.07. The Morgan fingerprint density at radius 3 is 2.00 bits per heavy atom. The lowest BCUT2D eigenvalue weighted by atomic mass is 9.70. The van der Waals surface area contributed by atoms with Gasteiger partial charge in [-0.2, -0.15) is 5.26 Å². The average molecular weight is 167 g/mol. The molecule has 0 heterocycles. The van der Waals surface area contributed by atoms with Gasteiger partial charge in [-0.15, -0.1) is 0 Å². The molecule has 0 amide bonds. The van der Waals surface area contributed by atoms with Crippen molar-refractivity contribution in [3.8, 4) is 6.07 Å². The Morgan fingerprint density at radius 1 is 1.25 bits per heavy atom. The lowest BCUT2D eigenvalue weighted by Gasteiger charge is -2.35. The summed E-state index contributed by atoms with van der Waals surface area (Å²) in [6.07, 6.45) is 4.17. The Bertz CT molecular complexity index is 149. The van der Waals surface area contributed by atoms with E-state index >= 15 is 0 Å². The molecule has 0 atom stereocenters. The van der Waals surface area contributed by atoms with Crippen LogP contribution in [0, 0.1) is 22.7 Å². The molecule has 0 aromatic heterocycles. The summed E-state index contributed by atoms with van der Waals surface area (Å²) in [4.78, 5) is 0. The van der Waals surface area contributed by atoms with Crippen molar-refractivity contribution < 1.29 is 0 Å². The maximum absolute atomic E-state index is 8.55. The summed E-state index contributed by atoms with van der Waals surface area (Å²) < 4.78 is 0. The van der Waals surface area contributed by atoms with E-state index in [9.17, 15) is 0 Å². The first-order valence-corrected chi connectivity index (χ1v) is 5.00. The smallest absolute Gasteiger partial charge is 0.0621 e. The monoisotopic (exact) mass is 167 g/mol. The van der Waals surface area contributed by atoms with Crippen LogP contribution in [0.3, 0.4) is 0 Å². The van der Waals surface area contributed by atoms with Crippen molar-refractivity contribution in [2.24, 2.45) is 11.3 Å². The maximum Gasteiger partial charge on any atom is 0.0621 e. The Morgan fingerprint density at radius 2 is 1.75 bits per heavy atom. The summed E-state index contributed by atoms with van der Waals surface area (Å²) in [5, 5.41) is 8.55. The van der Waals surface area contributed by atoms with Gasteiger partial charge < -0.3 is 0 Å². The standard InChI is InChI=1S/C11H21N/c1-5-11(6-2,10(3)4)8-7-9-12/h10H,5-8H2,1-4H3. The van der Waals surface area contributed by atoms with Crippen molar-refractivity contribution in [1.82, 2.24) is 0 Å². The molecular formula is C11H21N. The molecule has 0 fully saturated rings. The summed E-state index contributed by atoms with van der Waals surface area (Å²) >= 11 is 0. The molecule has 1 nitrogen and oxygen atoms in total. The first kappa shape index (κ1) is 11.5. The molecule has 1 heteroatoms. The van der Waals surface area contributed by atoms with E-state index in [0.29, 0.717) is 17.8 Å². The molecule has 0 radical (unpaired) electrons. The van der Waals surface area contributed by atoms with E-state index in [1.807, 2.05) is 0 Å². The summed E-state index contributed by atoms with van der Waals surface area (Å²) in [5.74, 6) is 0.695. The second kappa shape index (κ2) is 5.19. The molecule has 12 heavy (non-hydrogen) atoms. The quantitative estimate of drug-likeness (QED) is 0.611. The van der Waals surface area contributed by atoms with Gasteiger partial charge in [0, 0.05) is 6.42 Å². The van der Waals surface area contributed by atoms with Crippen molar-refractivity contribution in [3.63, 3.8) is 0 Å². The van der Waals surface area contributed by atoms with Crippen LogP contribution >= 0.6 is 0 Å². The minimum Gasteiger partial charge on any atom is -0.198 e. The molecule has 0 aliphatic rings. The molecule has 0 saturated carbocycles. The van der Waals surface area contributed by atoms with Gasteiger partial charge in [-0.05, 0) is 17.8 Å². The fourth-order valence-corrected chi connectivity index (χ4v) is 2.01. The molecule has 0 unspecified atom stereocenters. The normalized spacial score (nSPS) is 11.7. The number of rotatable bonds is 5. The third kappa shape index (κ3) is 2.52. The van der Waals surface area contributed by atoms with E-state index in [1.165, 1.54) is 12.8 Å². The highest BCUT2D eigenvalue weighted by atomic mass is 14.3. The third-order valence-electron chi connectivity index (χ3n) is 3.37. The molecule has 0 spiro atoms. The molecule has 70 valence electrons. The second-order valence-corrected chi connectivity index (χ2v) is 3.88. The molecule has 0 bridgehead atoms. The molecule has 0 aromatic carbocycles. The van der Waals surface area contributed by atoms with E-state index in [4.69, 9.17) is 5.26 Å². The molecule has 0 rings (SSSR count). The van der Waals surface area contributed by atoms with Gasteiger partial charge in [0.1, 0.15) is 0 Å². The van der Waals surface area contributed by atoms with Gasteiger partial charge >= 0.3 is 0 Å². The molecule has 0 aliphatic carbocycles. The zero-order chi connectivity index (χ0) is 9.61. The Balaban J connectivity index is 4.27. The molecule has 0 N–H and O–H groups in total. The predicted molar refractivity (Wildman–Crippen MR) is 52.7 cm³/mol. The molecule has 0 aliphatic heterocycles. The highest BCUT2D eigenvalue weighted by molar-refractivity contribution is 4.84. The van der Waals surface area contributed by atoms with Crippen LogP contribution in [-0.2, 0) is 0 Å². The number of nitriles is 1. The SMILES string of the molecule is CCC(CC)(CCC#N)C(C)C. The summed E-state index contributed by atoms with van der Waals surface area (Å²) in [5.41, 5.74) is 0.412. The van der Waals surface area contributed by atoms with Crippen LogP contribution in [0.2, 0.25) is 0 Å². The fraction of sp³-hybridized carbons (Fsp3) is 0.909. The first-order valence-electron chi connectivity index (χ1n) is 5.00. The van der Waals surface area contributed by atoms with E-state index in [1.54, 1.807) is 0 Å². The summed E-state index contributed by atoms with van der Waals surface area (Å²) in [6.45, 7) is 9.01. The van der Waals surface area contributed by atoms with E-state index in [2.05, 4.69) is 33.8 Å². The van der Waals surface area contributed by atoms with E-state index < -0.39 is 0 Å². The summed E-state index contributed by atoms with van der Waals surface area (Å²) in [6, 6.07) is 2.25. The number of nitrogens with zero attached hydrogens (tertiary/aromatic N) is 1. The molecule has 0 saturated heterocycles. The van der Waals surface area contributed by atoms with Crippen LogP contribution in [0.4, 0.5) is 0 Å².